The van der Waals surface area contributed by atoms with Crippen LogP contribution in [0.15, 0.2) is 18.2 Å². The third-order valence-corrected chi connectivity index (χ3v) is 3.45. The van der Waals surface area contributed by atoms with Crippen molar-refractivity contribution in [3.63, 3.8) is 0 Å². The summed E-state index contributed by atoms with van der Waals surface area (Å²) in [4.78, 5) is 0. The molecule has 19 heavy (non-hydrogen) atoms. The van der Waals surface area contributed by atoms with Gasteiger partial charge in [-0.2, -0.15) is 0 Å². The highest BCUT2D eigenvalue weighted by molar-refractivity contribution is 5.29. The number of ether oxygens (including phenoxy) is 2. The average Bonchev–Trinajstić information content (AvgIpc) is 2.32. The van der Waals surface area contributed by atoms with Crippen molar-refractivity contribution < 1.29 is 13.9 Å². The number of hydrogen-bond donors (Lipinski definition) is 1. The fourth-order valence-corrected chi connectivity index (χ4v) is 2.09. The molecular formula is C15H22FNO2. The third kappa shape index (κ3) is 4.80. The third-order valence-electron chi connectivity index (χ3n) is 3.45. The molecule has 0 aromatic heterocycles. The molecule has 4 heteroatoms. The zero-order chi connectivity index (χ0) is 13.5. The summed E-state index contributed by atoms with van der Waals surface area (Å²) >= 11 is 0. The van der Waals surface area contributed by atoms with Crippen LogP contribution >= 0.6 is 0 Å². The standard InChI is InChI=1S/C15H22FNO2/c1-18-6-5-17-10-13-7-14(16)9-15(8-13)19-11-12-3-2-4-12/h7-9,12,17H,2-6,10-11H2,1H3. The predicted molar refractivity (Wildman–Crippen MR) is 72.8 cm³/mol. The lowest BCUT2D eigenvalue weighted by Gasteiger charge is -2.25. The molecule has 0 spiro atoms. The minimum Gasteiger partial charge on any atom is -0.493 e. The first-order chi connectivity index (χ1) is 9.28. The molecule has 0 bridgehead atoms. The van der Waals surface area contributed by atoms with Crippen LogP contribution in [-0.4, -0.2) is 26.9 Å². The SMILES string of the molecule is COCCNCc1cc(F)cc(OCC2CCC2)c1. The topological polar surface area (TPSA) is 30.5 Å². The molecular weight excluding hydrogens is 245 g/mol. The van der Waals surface area contributed by atoms with E-state index in [0.717, 1.165) is 12.1 Å². The highest BCUT2D eigenvalue weighted by Crippen LogP contribution is 2.27. The summed E-state index contributed by atoms with van der Waals surface area (Å²) < 4.78 is 24.1. The number of nitrogens with one attached hydrogen (secondary N) is 1. The monoisotopic (exact) mass is 267 g/mol. The minimum absolute atomic E-state index is 0.241. The Morgan fingerprint density at radius 2 is 2.16 bits per heavy atom. The Morgan fingerprint density at radius 3 is 2.84 bits per heavy atom. The van der Waals surface area contributed by atoms with Crippen LogP contribution in [0.25, 0.3) is 0 Å². The molecule has 1 aromatic rings. The van der Waals surface area contributed by atoms with Crippen LogP contribution in [0.4, 0.5) is 4.39 Å². The largest absolute Gasteiger partial charge is 0.493 e. The Morgan fingerprint density at radius 1 is 1.32 bits per heavy atom. The van der Waals surface area contributed by atoms with Gasteiger partial charge in [-0.1, -0.05) is 6.42 Å². The molecule has 1 aliphatic rings. The summed E-state index contributed by atoms with van der Waals surface area (Å²) in [5, 5.41) is 3.20. The van der Waals surface area contributed by atoms with Crippen molar-refractivity contribution in [1.29, 1.82) is 0 Å². The Kier molecular flexibility index (Phi) is 5.61. The summed E-state index contributed by atoms with van der Waals surface area (Å²) in [6.45, 7) is 2.74. The fraction of sp³-hybridized carbons (Fsp3) is 0.600. The molecule has 1 aromatic carbocycles. The van der Waals surface area contributed by atoms with E-state index in [-0.39, 0.29) is 5.82 Å². The molecule has 0 atom stereocenters. The van der Waals surface area contributed by atoms with E-state index in [4.69, 9.17) is 9.47 Å². The number of hydrogen-bond acceptors (Lipinski definition) is 3. The molecule has 2 rings (SSSR count). The van der Waals surface area contributed by atoms with Gasteiger partial charge in [-0.25, -0.2) is 4.39 Å². The second-order valence-electron chi connectivity index (χ2n) is 5.07. The van der Waals surface area contributed by atoms with Crippen molar-refractivity contribution in [2.24, 2.45) is 5.92 Å². The molecule has 0 aliphatic heterocycles. The fourth-order valence-electron chi connectivity index (χ4n) is 2.09. The predicted octanol–water partition coefficient (Wildman–Crippen LogP) is 2.74. The second kappa shape index (κ2) is 7.46. The maximum absolute atomic E-state index is 13.5. The van der Waals surface area contributed by atoms with Gasteiger partial charge in [0.1, 0.15) is 11.6 Å². The van der Waals surface area contributed by atoms with E-state index in [0.29, 0.717) is 31.4 Å². The number of halogens is 1. The van der Waals surface area contributed by atoms with Gasteiger partial charge in [-0.15, -0.1) is 0 Å². The van der Waals surface area contributed by atoms with Gasteiger partial charge in [0.15, 0.2) is 0 Å². The van der Waals surface area contributed by atoms with E-state index in [9.17, 15) is 4.39 Å². The Balaban J connectivity index is 1.82. The lowest BCUT2D eigenvalue weighted by Crippen LogP contribution is -2.20. The van der Waals surface area contributed by atoms with Gasteiger partial charge in [0.25, 0.3) is 0 Å². The molecule has 1 aliphatic carbocycles. The van der Waals surface area contributed by atoms with Crippen molar-refractivity contribution >= 4 is 0 Å². The van der Waals surface area contributed by atoms with Crippen LogP contribution < -0.4 is 10.1 Å². The molecule has 0 heterocycles. The molecule has 0 saturated heterocycles. The molecule has 106 valence electrons. The van der Waals surface area contributed by atoms with Crippen molar-refractivity contribution in [3.8, 4) is 5.75 Å². The Labute approximate surface area is 114 Å². The van der Waals surface area contributed by atoms with E-state index in [1.165, 1.54) is 31.4 Å². The number of methoxy groups -OCH3 is 1. The van der Waals surface area contributed by atoms with Crippen LogP contribution in [-0.2, 0) is 11.3 Å². The zero-order valence-corrected chi connectivity index (χ0v) is 11.5. The van der Waals surface area contributed by atoms with Gasteiger partial charge in [0.2, 0.25) is 0 Å². The lowest BCUT2D eigenvalue weighted by molar-refractivity contribution is 0.180. The molecule has 0 radical (unpaired) electrons. The first kappa shape index (κ1) is 14.3. The summed E-state index contributed by atoms with van der Waals surface area (Å²) in [6, 6.07) is 4.90. The molecule has 0 amide bonds. The maximum Gasteiger partial charge on any atom is 0.127 e. The van der Waals surface area contributed by atoms with Crippen molar-refractivity contribution in [3.05, 3.63) is 29.6 Å². The van der Waals surface area contributed by atoms with E-state index in [1.54, 1.807) is 7.11 Å². The van der Waals surface area contributed by atoms with Crippen molar-refractivity contribution in [1.82, 2.24) is 5.32 Å². The molecule has 1 fully saturated rings. The first-order valence-corrected chi connectivity index (χ1v) is 6.90. The van der Waals surface area contributed by atoms with Gasteiger partial charge in [0, 0.05) is 26.3 Å². The van der Waals surface area contributed by atoms with Gasteiger partial charge in [-0.3, -0.25) is 0 Å². The summed E-state index contributed by atoms with van der Waals surface area (Å²) in [7, 11) is 1.66. The van der Waals surface area contributed by atoms with Gasteiger partial charge < -0.3 is 14.8 Å². The normalized spacial score (nSPS) is 15.3. The minimum atomic E-state index is -0.241. The molecule has 0 unspecified atom stereocenters. The zero-order valence-electron chi connectivity index (χ0n) is 11.5. The molecule has 1 saturated carbocycles. The lowest BCUT2D eigenvalue weighted by atomic mass is 9.86. The van der Waals surface area contributed by atoms with E-state index >= 15 is 0 Å². The highest BCUT2D eigenvalue weighted by atomic mass is 19.1. The van der Waals surface area contributed by atoms with E-state index in [1.807, 2.05) is 6.07 Å². The van der Waals surface area contributed by atoms with Crippen LogP contribution in [0.5, 0.6) is 5.75 Å². The van der Waals surface area contributed by atoms with E-state index < -0.39 is 0 Å². The molecule has 1 N–H and O–H groups in total. The van der Waals surface area contributed by atoms with E-state index in [2.05, 4.69) is 5.32 Å². The second-order valence-corrected chi connectivity index (χ2v) is 5.07. The molecule has 3 nitrogen and oxygen atoms in total. The van der Waals surface area contributed by atoms with Crippen LogP contribution in [0.1, 0.15) is 24.8 Å². The maximum atomic E-state index is 13.5. The van der Waals surface area contributed by atoms with Crippen LogP contribution in [0.3, 0.4) is 0 Å². The van der Waals surface area contributed by atoms with Crippen molar-refractivity contribution in [2.45, 2.75) is 25.8 Å². The quantitative estimate of drug-likeness (QED) is 0.735. The Hall–Kier alpha value is -1.13. The van der Waals surface area contributed by atoms with Crippen LogP contribution in [0, 0.1) is 11.7 Å². The average molecular weight is 267 g/mol. The summed E-state index contributed by atoms with van der Waals surface area (Å²) in [5.41, 5.74) is 0.903. The Bertz CT molecular complexity index is 394. The number of rotatable bonds is 8. The van der Waals surface area contributed by atoms with Gasteiger partial charge >= 0.3 is 0 Å². The highest BCUT2D eigenvalue weighted by Gasteiger charge is 2.18. The smallest absolute Gasteiger partial charge is 0.127 e. The van der Waals surface area contributed by atoms with Crippen LogP contribution in [0.2, 0.25) is 0 Å². The van der Waals surface area contributed by atoms with Crippen molar-refractivity contribution in [2.75, 3.05) is 26.9 Å². The summed E-state index contributed by atoms with van der Waals surface area (Å²) in [5.74, 6) is 1.05. The first-order valence-electron chi connectivity index (χ1n) is 6.90. The number of benzene rings is 1. The van der Waals surface area contributed by atoms with Gasteiger partial charge in [0.05, 0.1) is 13.2 Å². The van der Waals surface area contributed by atoms with Gasteiger partial charge in [-0.05, 0) is 36.5 Å². The summed E-state index contributed by atoms with van der Waals surface area (Å²) in [6.07, 6.45) is 3.77.